The predicted octanol–water partition coefficient (Wildman–Crippen LogP) is 1.25. The monoisotopic (exact) mass is 293 g/mol. The number of rotatable bonds is 3. The van der Waals surface area contributed by atoms with Gasteiger partial charge in [-0.1, -0.05) is 6.07 Å². The Bertz CT molecular complexity index is 838. The van der Waals surface area contributed by atoms with Crippen LogP contribution < -0.4 is 11.1 Å². The zero-order chi connectivity index (χ0) is 15.7. The Hall–Kier alpha value is -2.77. The first kappa shape index (κ1) is 14.6. The molecule has 0 saturated heterocycles. The standard InChI is InChI=1S/C13H12FN3O4/c1-7-8(2)13(19)16(15-12(7)18)6-9-3-4-11(17(20)21)10(14)5-9/h3-5H,6H2,1-2H3,(H,15,18). The average molecular weight is 293 g/mol. The van der Waals surface area contributed by atoms with Crippen LogP contribution in [0.25, 0.3) is 0 Å². The highest BCUT2D eigenvalue weighted by Crippen LogP contribution is 2.18. The van der Waals surface area contributed by atoms with Crippen LogP contribution in [0.3, 0.4) is 0 Å². The molecule has 2 aromatic rings. The summed E-state index contributed by atoms with van der Waals surface area (Å²) >= 11 is 0. The van der Waals surface area contributed by atoms with Crippen molar-refractivity contribution in [3.8, 4) is 0 Å². The Morgan fingerprint density at radius 2 is 1.95 bits per heavy atom. The number of benzene rings is 1. The highest BCUT2D eigenvalue weighted by Gasteiger charge is 2.14. The van der Waals surface area contributed by atoms with Gasteiger partial charge in [-0.3, -0.25) is 24.8 Å². The lowest BCUT2D eigenvalue weighted by Crippen LogP contribution is -2.33. The Kier molecular flexibility index (Phi) is 3.70. The average Bonchev–Trinajstić information content (AvgIpc) is 2.42. The van der Waals surface area contributed by atoms with Crippen molar-refractivity contribution in [1.29, 1.82) is 0 Å². The molecule has 0 unspecified atom stereocenters. The number of nitro groups is 1. The molecule has 1 heterocycles. The van der Waals surface area contributed by atoms with Gasteiger partial charge in [-0.15, -0.1) is 0 Å². The van der Waals surface area contributed by atoms with Gasteiger partial charge in [0.15, 0.2) is 0 Å². The third kappa shape index (κ3) is 2.73. The molecule has 0 aliphatic heterocycles. The molecule has 0 aliphatic carbocycles. The molecule has 0 fully saturated rings. The first-order valence-corrected chi connectivity index (χ1v) is 6.04. The number of hydrogen-bond acceptors (Lipinski definition) is 4. The summed E-state index contributed by atoms with van der Waals surface area (Å²) in [6.07, 6.45) is 0. The van der Waals surface area contributed by atoms with E-state index in [1.807, 2.05) is 0 Å². The van der Waals surface area contributed by atoms with Crippen molar-refractivity contribution in [2.45, 2.75) is 20.4 Å². The van der Waals surface area contributed by atoms with E-state index in [9.17, 15) is 24.1 Å². The number of nitrogens with one attached hydrogen (secondary N) is 1. The molecule has 0 saturated carbocycles. The fourth-order valence-corrected chi connectivity index (χ4v) is 1.88. The highest BCUT2D eigenvalue weighted by atomic mass is 19.1. The Labute approximate surface area is 117 Å². The normalized spacial score (nSPS) is 10.6. The molecule has 0 atom stereocenters. The molecular formula is C13H12FN3O4. The molecule has 1 N–H and O–H groups in total. The maximum atomic E-state index is 13.5. The van der Waals surface area contributed by atoms with Crippen molar-refractivity contribution < 1.29 is 9.31 Å². The lowest BCUT2D eigenvalue weighted by molar-refractivity contribution is -0.387. The van der Waals surface area contributed by atoms with E-state index >= 15 is 0 Å². The van der Waals surface area contributed by atoms with Gasteiger partial charge in [-0.05, 0) is 25.5 Å². The number of halogens is 1. The largest absolute Gasteiger partial charge is 0.304 e. The van der Waals surface area contributed by atoms with E-state index in [1.165, 1.54) is 19.9 Å². The van der Waals surface area contributed by atoms with Crippen LogP contribution in [0.15, 0.2) is 27.8 Å². The van der Waals surface area contributed by atoms with Gasteiger partial charge in [0.05, 0.1) is 11.5 Å². The Morgan fingerprint density at radius 1 is 1.29 bits per heavy atom. The molecule has 8 heteroatoms. The summed E-state index contributed by atoms with van der Waals surface area (Å²) < 4.78 is 14.6. The second-order valence-corrected chi connectivity index (χ2v) is 4.63. The van der Waals surface area contributed by atoms with Crippen LogP contribution in [0, 0.1) is 29.8 Å². The van der Waals surface area contributed by atoms with E-state index in [-0.39, 0.29) is 6.54 Å². The molecule has 0 radical (unpaired) electrons. The molecular weight excluding hydrogens is 281 g/mol. The Morgan fingerprint density at radius 3 is 2.52 bits per heavy atom. The van der Waals surface area contributed by atoms with Gasteiger partial charge in [-0.2, -0.15) is 4.39 Å². The second-order valence-electron chi connectivity index (χ2n) is 4.63. The van der Waals surface area contributed by atoms with Crippen LogP contribution in [-0.4, -0.2) is 14.7 Å². The van der Waals surface area contributed by atoms with Crippen LogP contribution in [0.1, 0.15) is 16.7 Å². The smallest absolute Gasteiger partial charge is 0.268 e. The number of hydrogen-bond donors (Lipinski definition) is 1. The third-order valence-electron chi connectivity index (χ3n) is 3.26. The molecule has 0 aliphatic rings. The molecule has 21 heavy (non-hydrogen) atoms. The van der Waals surface area contributed by atoms with Crippen LogP contribution in [0.5, 0.6) is 0 Å². The zero-order valence-electron chi connectivity index (χ0n) is 11.3. The van der Waals surface area contributed by atoms with E-state index < -0.39 is 27.5 Å². The molecule has 7 nitrogen and oxygen atoms in total. The fourth-order valence-electron chi connectivity index (χ4n) is 1.88. The molecule has 0 bridgehead atoms. The van der Waals surface area contributed by atoms with Gasteiger partial charge in [0.1, 0.15) is 0 Å². The van der Waals surface area contributed by atoms with Crippen molar-refractivity contribution in [2.75, 3.05) is 0 Å². The van der Waals surface area contributed by atoms with Crippen molar-refractivity contribution in [1.82, 2.24) is 9.78 Å². The lowest BCUT2D eigenvalue weighted by Gasteiger charge is -2.08. The van der Waals surface area contributed by atoms with Crippen LogP contribution >= 0.6 is 0 Å². The maximum Gasteiger partial charge on any atom is 0.304 e. The quantitative estimate of drug-likeness (QED) is 0.680. The summed E-state index contributed by atoms with van der Waals surface area (Å²) in [5.41, 5.74) is -0.480. The molecule has 1 aromatic heterocycles. The zero-order valence-corrected chi connectivity index (χ0v) is 11.3. The summed E-state index contributed by atoms with van der Waals surface area (Å²) in [4.78, 5) is 33.3. The minimum atomic E-state index is -0.989. The summed E-state index contributed by atoms with van der Waals surface area (Å²) in [6, 6.07) is 3.33. The second kappa shape index (κ2) is 5.31. The van der Waals surface area contributed by atoms with E-state index in [0.29, 0.717) is 16.7 Å². The van der Waals surface area contributed by atoms with Gasteiger partial charge >= 0.3 is 5.69 Å². The topological polar surface area (TPSA) is 98.0 Å². The van der Waals surface area contributed by atoms with Gasteiger partial charge < -0.3 is 0 Å². The lowest BCUT2D eigenvalue weighted by atomic mass is 10.2. The number of aromatic amines is 1. The van der Waals surface area contributed by atoms with E-state index in [0.717, 1.165) is 16.8 Å². The molecule has 1 aromatic carbocycles. The summed E-state index contributed by atoms with van der Waals surface area (Å²) in [6.45, 7) is 2.98. The molecule has 110 valence electrons. The summed E-state index contributed by atoms with van der Waals surface area (Å²) in [7, 11) is 0. The van der Waals surface area contributed by atoms with Gasteiger partial charge in [-0.25, -0.2) is 4.68 Å². The Balaban J connectivity index is 2.44. The van der Waals surface area contributed by atoms with Crippen molar-refractivity contribution in [3.05, 3.63) is 71.5 Å². The first-order chi connectivity index (χ1) is 9.81. The predicted molar refractivity (Wildman–Crippen MR) is 73.0 cm³/mol. The van der Waals surface area contributed by atoms with Gasteiger partial charge in [0, 0.05) is 17.2 Å². The van der Waals surface area contributed by atoms with E-state index in [1.54, 1.807) is 0 Å². The highest BCUT2D eigenvalue weighted by molar-refractivity contribution is 5.35. The minimum Gasteiger partial charge on any atom is -0.268 e. The van der Waals surface area contributed by atoms with Gasteiger partial charge in [0.2, 0.25) is 5.82 Å². The SMILES string of the molecule is Cc1c(C)c(=O)n(Cc2ccc([N+](=O)[O-])c(F)c2)[nH]c1=O. The molecule has 2 rings (SSSR count). The van der Waals surface area contributed by atoms with Crippen molar-refractivity contribution in [3.63, 3.8) is 0 Å². The number of nitrogens with zero attached hydrogens (tertiary/aromatic N) is 2. The third-order valence-corrected chi connectivity index (χ3v) is 3.26. The maximum absolute atomic E-state index is 13.5. The van der Waals surface area contributed by atoms with Crippen LogP contribution in [-0.2, 0) is 6.54 Å². The van der Waals surface area contributed by atoms with Crippen molar-refractivity contribution >= 4 is 5.69 Å². The molecule has 0 spiro atoms. The number of aromatic nitrogens is 2. The minimum absolute atomic E-state index is 0.0793. The van der Waals surface area contributed by atoms with Gasteiger partial charge in [0.25, 0.3) is 11.1 Å². The number of nitro benzene ring substituents is 1. The summed E-state index contributed by atoms with van der Waals surface area (Å²) in [5.74, 6) is -0.989. The fraction of sp³-hybridized carbons (Fsp3) is 0.231. The van der Waals surface area contributed by atoms with Crippen LogP contribution in [0.2, 0.25) is 0 Å². The summed E-state index contributed by atoms with van der Waals surface area (Å²) in [5, 5.41) is 12.9. The van der Waals surface area contributed by atoms with E-state index in [4.69, 9.17) is 0 Å². The van der Waals surface area contributed by atoms with Crippen molar-refractivity contribution in [2.24, 2.45) is 0 Å². The van der Waals surface area contributed by atoms with Crippen LogP contribution in [0.4, 0.5) is 10.1 Å². The number of H-pyrrole nitrogens is 1. The first-order valence-electron chi connectivity index (χ1n) is 6.04. The molecule has 0 amide bonds. The van der Waals surface area contributed by atoms with E-state index in [2.05, 4.69) is 5.10 Å².